The highest BCUT2D eigenvalue weighted by Gasteiger charge is 2.05. The van der Waals surface area contributed by atoms with Crippen LogP contribution < -0.4 is 16.0 Å². The lowest BCUT2D eigenvalue weighted by Crippen LogP contribution is -2.16. The van der Waals surface area contributed by atoms with Crippen molar-refractivity contribution in [2.24, 2.45) is 10.9 Å². The molecule has 0 fully saturated rings. The lowest BCUT2D eigenvalue weighted by Gasteiger charge is -2.18. The van der Waals surface area contributed by atoms with Gasteiger partial charge in [0.05, 0.1) is 11.4 Å². The molecule has 6 nitrogen and oxygen atoms in total. The smallest absolute Gasteiger partial charge is 0.188 e. The van der Waals surface area contributed by atoms with Gasteiger partial charge in [-0.2, -0.15) is 0 Å². The number of oxime groups is 1. The fourth-order valence-corrected chi connectivity index (χ4v) is 1.99. The number of aromatic nitrogens is 1. The maximum Gasteiger partial charge on any atom is 0.188 e. The van der Waals surface area contributed by atoms with Crippen LogP contribution in [0.1, 0.15) is 11.3 Å². The highest BCUT2D eigenvalue weighted by Crippen LogP contribution is 2.23. The Morgan fingerprint density at radius 2 is 2.10 bits per heavy atom. The number of anilines is 2. The van der Waals surface area contributed by atoms with Gasteiger partial charge in [0.25, 0.3) is 0 Å². The van der Waals surface area contributed by atoms with Crippen LogP contribution in [0.15, 0.2) is 47.8 Å². The van der Waals surface area contributed by atoms with Gasteiger partial charge in [0, 0.05) is 26.8 Å². The van der Waals surface area contributed by atoms with Gasteiger partial charge in [-0.3, -0.25) is 4.98 Å². The maximum absolute atomic E-state index is 8.69. The summed E-state index contributed by atoms with van der Waals surface area (Å²) in [5.74, 6) is 0.00513. The van der Waals surface area contributed by atoms with Crippen LogP contribution in [0.25, 0.3) is 0 Å². The third-order valence-electron chi connectivity index (χ3n) is 3.06. The summed E-state index contributed by atoms with van der Waals surface area (Å²) >= 11 is 0. The van der Waals surface area contributed by atoms with Gasteiger partial charge in [-0.25, -0.2) is 0 Å². The zero-order valence-electron chi connectivity index (χ0n) is 12.1. The van der Waals surface area contributed by atoms with Crippen LogP contribution in [0.4, 0.5) is 11.4 Å². The molecule has 6 heteroatoms. The molecule has 0 aliphatic rings. The Hall–Kier alpha value is -2.76. The molecule has 1 heterocycles. The summed E-state index contributed by atoms with van der Waals surface area (Å²) in [5, 5.41) is 15.0. The lowest BCUT2D eigenvalue weighted by atomic mass is 10.2. The summed E-state index contributed by atoms with van der Waals surface area (Å²) in [4.78, 5) is 6.11. The van der Waals surface area contributed by atoms with Crippen molar-refractivity contribution in [3.8, 4) is 0 Å². The van der Waals surface area contributed by atoms with Gasteiger partial charge in [-0.05, 0) is 29.8 Å². The summed E-state index contributed by atoms with van der Waals surface area (Å²) in [5.41, 5.74) is 9.16. The minimum Gasteiger partial charge on any atom is -0.409 e. The Morgan fingerprint density at radius 3 is 2.81 bits per heavy atom. The van der Waals surface area contributed by atoms with Crippen LogP contribution >= 0.6 is 0 Å². The fraction of sp³-hybridized carbons (Fsp3) is 0.200. The first-order valence-electron chi connectivity index (χ1n) is 6.55. The van der Waals surface area contributed by atoms with Gasteiger partial charge in [0.15, 0.2) is 5.84 Å². The number of amidine groups is 1. The summed E-state index contributed by atoms with van der Waals surface area (Å²) in [6.07, 6.45) is 1.64. The summed E-state index contributed by atoms with van der Waals surface area (Å²) in [7, 11) is 4.01. The predicted octanol–water partition coefficient (Wildman–Crippen LogP) is 1.85. The van der Waals surface area contributed by atoms with Crippen LogP contribution in [-0.4, -0.2) is 30.1 Å². The van der Waals surface area contributed by atoms with E-state index in [4.69, 9.17) is 10.9 Å². The van der Waals surface area contributed by atoms with Crippen molar-refractivity contribution in [2.45, 2.75) is 6.54 Å². The van der Waals surface area contributed by atoms with Gasteiger partial charge in [0.1, 0.15) is 5.69 Å². The van der Waals surface area contributed by atoms with Crippen molar-refractivity contribution in [1.82, 2.24) is 4.98 Å². The highest BCUT2D eigenvalue weighted by atomic mass is 16.4. The Labute approximate surface area is 123 Å². The molecule has 2 aromatic rings. The third-order valence-corrected chi connectivity index (χ3v) is 3.06. The summed E-state index contributed by atoms with van der Waals surface area (Å²) in [6.45, 7) is 0.624. The van der Waals surface area contributed by atoms with Crippen molar-refractivity contribution < 1.29 is 5.21 Å². The number of nitrogens with one attached hydrogen (secondary N) is 1. The second-order valence-electron chi connectivity index (χ2n) is 4.80. The van der Waals surface area contributed by atoms with E-state index >= 15 is 0 Å². The fourth-order valence-electron chi connectivity index (χ4n) is 1.99. The monoisotopic (exact) mass is 285 g/mol. The van der Waals surface area contributed by atoms with E-state index in [1.165, 1.54) is 0 Å². The zero-order valence-corrected chi connectivity index (χ0v) is 12.1. The van der Waals surface area contributed by atoms with Crippen LogP contribution in [0.5, 0.6) is 0 Å². The quantitative estimate of drug-likeness (QED) is 0.338. The van der Waals surface area contributed by atoms with Crippen molar-refractivity contribution in [1.29, 1.82) is 0 Å². The Balaban J connectivity index is 2.14. The van der Waals surface area contributed by atoms with Gasteiger partial charge < -0.3 is 21.2 Å². The molecule has 0 saturated heterocycles. The maximum atomic E-state index is 8.69. The molecule has 0 saturated carbocycles. The van der Waals surface area contributed by atoms with E-state index in [1.807, 2.05) is 38.4 Å². The molecule has 0 aliphatic carbocycles. The minimum absolute atomic E-state index is 0.00513. The molecule has 1 aromatic heterocycles. The van der Waals surface area contributed by atoms with Crippen molar-refractivity contribution in [3.05, 3.63) is 53.9 Å². The molecule has 0 radical (unpaired) electrons. The molecule has 0 bridgehead atoms. The molecule has 1 aromatic carbocycles. The molecule has 4 N–H and O–H groups in total. The molecule has 110 valence electrons. The minimum atomic E-state index is 0.00513. The van der Waals surface area contributed by atoms with Crippen molar-refractivity contribution in [3.63, 3.8) is 0 Å². The first-order valence-corrected chi connectivity index (χ1v) is 6.55. The van der Waals surface area contributed by atoms with E-state index in [-0.39, 0.29) is 5.84 Å². The average molecular weight is 285 g/mol. The number of nitrogens with two attached hydrogens (primary N) is 1. The summed E-state index contributed by atoms with van der Waals surface area (Å²) in [6, 6.07) is 11.8. The van der Waals surface area contributed by atoms with Gasteiger partial charge in [-0.1, -0.05) is 17.3 Å². The molecular formula is C15H19N5O. The molecular weight excluding hydrogens is 266 g/mol. The highest BCUT2D eigenvalue weighted by molar-refractivity contribution is 5.95. The van der Waals surface area contributed by atoms with Crippen LogP contribution in [0, 0.1) is 0 Å². The summed E-state index contributed by atoms with van der Waals surface area (Å²) < 4.78 is 0. The first-order chi connectivity index (χ1) is 10.1. The first kappa shape index (κ1) is 14.6. The predicted molar refractivity (Wildman–Crippen MR) is 84.8 cm³/mol. The molecule has 0 aliphatic heterocycles. The molecule has 0 unspecified atom stereocenters. The third kappa shape index (κ3) is 3.62. The second-order valence-corrected chi connectivity index (χ2v) is 4.80. The van der Waals surface area contributed by atoms with E-state index in [9.17, 15) is 0 Å². The Morgan fingerprint density at radius 1 is 1.33 bits per heavy atom. The number of hydrogen-bond donors (Lipinski definition) is 3. The van der Waals surface area contributed by atoms with Crippen LogP contribution in [-0.2, 0) is 6.54 Å². The molecule has 0 amide bonds. The Kier molecular flexibility index (Phi) is 4.61. The topological polar surface area (TPSA) is 86.8 Å². The van der Waals surface area contributed by atoms with E-state index in [0.717, 1.165) is 16.9 Å². The van der Waals surface area contributed by atoms with E-state index in [0.29, 0.717) is 12.2 Å². The number of hydrogen-bond acceptors (Lipinski definition) is 5. The second kappa shape index (κ2) is 6.60. The van der Waals surface area contributed by atoms with Crippen LogP contribution in [0.3, 0.4) is 0 Å². The lowest BCUT2D eigenvalue weighted by molar-refractivity contribution is 0.318. The van der Waals surface area contributed by atoms with Crippen LogP contribution in [0.2, 0.25) is 0 Å². The van der Waals surface area contributed by atoms with Gasteiger partial charge >= 0.3 is 0 Å². The van der Waals surface area contributed by atoms with E-state index < -0.39 is 0 Å². The van der Waals surface area contributed by atoms with Crippen molar-refractivity contribution >= 4 is 17.2 Å². The SMILES string of the molecule is CN(C)c1ccccc1NCc1ccnc(/C(N)=N/O)c1. The number of rotatable bonds is 5. The number of benzene rings is 1. The van der Waals surface area contributed by atoms with E-state index in [2.05, 4.69) is 26.4 Å². The molecule has 21 heavy (non-hydrogen) atoms. The van der Waals surface area contributed by atoms with Crippen molar-refractivity contribution in [2.75, 3.05) is 24.3 Å². The molecule has 0 spiro atoms. The molecule has 2 rings (SSSR count). The normalized spacial score (nSPS) is 11.2. The van der Waals surface area contributed by atoms with E-state index in [1.54, 1.807) is 12.3 Å². The van der Waals surface area contributed by atoms with Gasteiger partial charge in [0.2, 0.25) is 0 Å². The Bertz CT molecular complexity index is 639. The van der Waals surface area contributed by atoms with Gasteiger partial charge in [-0.15, -0.1) is 0 Å². The standard InChI is InChI=1S/C15H19N5O/c1-20(2)14-6-4-3-5-12(14)18-10-11-7-8-17-13(9-11)15(16)19-21/h3-9,18,21H,10H2,1-2H3,(H2,16,19). The largest absolute Gasteiger partial charge is 0.409 e. The zero-order chi connectivity index (χ0) is 15.2. The average Bonchev–Trinajstić information content (AvgIpc) is 2.52. The number of para-hydroxylation sites is 2. The molecule has 0 atom stereocenters. The number of pyridine rings is 1. The number of nitrogens with zero attached hydrogens (tertiary/aromatic N) is 3.